The van der Waals surface area contributed by atoms with Gasteiger partial charge in [0.15, 0.2) is 5.82 Å². The molecule has 2 amide bonds. The molecule has 1 fully saturated rings. The zero-order chi connectivity index (χ0) is 21.8. The van der Waals surface area contributed by atoms with Crippen molar-refractivity contribution in [3.05, 3.63) is 35.6 Å². The summed E-state index contributed by atoms with van der Waals surface area (Å²) in [7, 11) is 0. The van der Waals surface area contributed by atoms with Gasteiger partial charge in [-0.1, -0.05) is 17.7 Å². The van der Waals surface area contributed by atoms with Crippen molar-refractivity contribution in [2.24, 2.45) is 0 Å². The lowest BCUT2D eigenvalue weighted by molar-refractivity contribution is -0.146. The van der Waals surface area contributed by atoms with Gasteiger partial charge in [-0.3, -0.25) is 14.5 Å². The summed E-state index contributed by atoms with van der Waals surface area (Å²) < 4.78 is 1.58. The summed E-state index contributed by atoms with van der Waals surface area (Å²) in [6.45, 7) is 7.29. The molecular weight excluding hydrogens is 406 g/mol. The Labute approximate surface area is 178 Å². The Hall–Kier alpha value is -3.20. The molecule has 3 aromatic heterocycles. The summed E-state index contributed by atoms with van der Waals surface area (Å²) in [6.07, 6.45) is 1.35. The number of nitrogens with zero attached hydrogens (tertiary/aromatic N) is 6. The second kappa shape index (κ2) is 6.94. The predicted octanol–water partition coefficient (Wildman–Crippen LogP) is 2.39. The molecule has 0 aromatic carbocycles. The zero-order valence-corrected chi connectivity index (χ0v) is 17.9. The van der Waals surface area contributed by atoms with Crippen LogP contribution in [-0.4, -0.2) is 54.4 Å². The van der Waals surface area contributed by atoms with Gasteiger partial charge < -0.3 is 10.6 Å². The quantitative estimate of drug-likeness (QED) is 0.672. The summed E-state index contributed by atoms with van der Waals surface area (Å²) >= 11 is 6.34. The normalized spacial score (nSPS) is 18.8. The number of amides is 2. The maximum atomic E-state index is 13.3. The van der Waals surface area contributed by atoms with E-state index in [1.54, 1.807) is 40.3 Å². The fraction of sp³-hybridized carbons (Fsp3) is 0.350. The van der Waals surface area contributed by atoms with Gasteiger partial charge in [-0.25, -0.2) is 14.5 Å². The van der Waals surface area contributed by atoms with Crippen molar-refractivity contribution in [1.29, 1.82) is 0 Å². The van der Waals surface area contributed by atoms with E-state index in [2.05, 4.69) is 10.1 Å². The number of piperazine rings is 1. The Balaban J connectivity index is 1.79. The molecule has 1 atom stereocenters. The van der Waals surface area contributed by atoms with Crippen molar-refractivity contribution in [3.8, 4) is 11.4 Å². The van der Waals surface area contributed by atoms with E-state index in [-0.39, 0.29) is 23.7 Å². The fourth-order valence-corrected chi connectivity index (χ4v) is 4.22. The SMILES string of the molecule is CC(=O)N1CC(C)N(c2cccc(-c3cc(Cl)c4c(N)ncnn34)n2)C(=O)C1(C)C. The van der Waals surface area contributed by atoms with E-state index in [0.717, 1.165) is 0 Å². The number of halogens is 1. The van der Waals surface area contributed by atoms with Crippen molar-refractivity contribution in [2.75, 3.05) is 17.2 Å². The minimum Gasteiger partial charge on any atom is -0.382 e. The molecule has 0 saturated carbocycles. The Morgan fingerprint density at radius 2 is 2.07 bits per heavy atom. The number of carbonyl (C=O) groups excluding carboxylic acids is 2. The molecule has 1 unspecified atom stereocenters. The molecule has 9 nitrogen and oxygen atoms in total. The van der Waals surface area contributed by atoms with Gasteiger partial charge in [0.05, 0.1) is 22.5 Å². The Bertz CT molecular complexity index is 1170. The van der Waals surface area contributed by atoms with Crippen LogP contribution in [0, 0.1) is 0 Å². The van der Waals surface area contributed by atoms with E-state index in [1.165, 1.54) is 13.3 Å². The minimum absolute atomic E-state index is 0.131. The third kappa shape index (κ3) is 2.97. The topological polar surface area (TPSA) is 110 Å². The molecule has 0 radical (unpaired) electrons. The van der Waals surface area contributed by atoms with Crippen LogP contribution in [0.2, 0.25) is 5.02 Å². The van der Waals surface area contributed by atoms with E-state index < -0.39 is 5.54 Å². The molecule has 1 aliphatic heterocycles. The van der Waals surface area contributed by atoms with Crippen molar-refractivity contribution >= 4 is 40.6 Å². The number of rotatable bonds is 2. The van der Waals surface area contributed by atoms with Crippen molar-refractivity contribution in [1.82, 2.24) is 24.5 Å². The first-order chi connectivity index (χ1) is 14.1. The molecule has 1 saturated heterocycles. The van der Waals surface area contributed by atoms with Crippen LogP contribution in [0.15, 0.2) is 30.6 Å². The second-order valence-electron chi connectivity index (χ2n) is 7.88. The summed E-state index contributed by atoms with van der Waals surface area (Å²) in [4.78, 5) is 37.3. The van der Waals surface area contributed by atoms with Gasteiger partial charge in [0, 0.05) is 13.5 Å². The molecule has 1 aliphatic rings. The van der Waals surface area contributed by atoms with Crippen LogP contribution in [0.1, 0.15) is 27.7 Å². The minimum atomic E-state index is -0.969. The number of nitrogen functional groups attached to an aromatic ring is 1. The lowest BCUT2D eigenvalue weighted by Crippen LogP contribution is -2.67. The van der Waals surface area contributed by atoms with E-state index in [0.29, 0.717) is 34.3 Å². The molecule has 0 spiro atoms. The Kier molecular flexibility index (Phi) is 4.65. The van der Waals surface area contributed by atoms with Gasteiger partial charge in [0.25, 0.3) is 5.91 Å². The van der Waals surface area contributed by atoms with Gasteiger partial charge in [0.1, 0.15) is 23.2 Å². The number of hydrogen-bond donors (Lipinski definition) is 1. The van der Waals surface area contributed by atoms with Crippen LogP contribution in [0.4, 0.5) is 11.6 Å². The number of anilines is 2. The molecule has 0 bridgehead atoms. The van der Waals surface area contributed by atoms with E-state index in [9.17, 15) is 9.59 Å². The van der Waals surface area contributed by atoms with Crippen LogP contribution in [0.25, 0.3) is 16.9 Å². The van der Waals surface area contributed by atoms with Gasteiger partial charge in [-0.05, 0) is 39.0 Å². The highest BCUT2D eigenvalue weighted by molar-refractivity contribution is 6.35. The average molecular weight is 428 g/mol. The highest BCUT2D eigenvalue weighted by Gasteiger charge is 2.47. The summed E-state index contributed by atoms with van der Waals surface area (Å²) in [5, 5.41) is 4.65. The molecule has 4 heterocycles. The van der Waals surface area contributed by atoms with Crippen molar-refractivity contribution in [2.45, 2.75) is 39.3 Å². The van der Waals surface area contributed by atoms with Gasteiger partial charge >= 0.3 is 0 Å². The number of carbonyl (C=O) groups is 2. The maximum Gasteiger partial charge on any atom is 0.253 e. The highest BCUT2D eigenvalue weighted by atomic mass is 35.5. The van der Waals surface area contributed by atoms with Gasteiger partial charge in [-0.15, -0.1) is 0 Å². The maximum absolute atomic E-state index is 13.3. The van der Waals surface area contributed by atoms with E-state index >= 15 is 0 Å². The smallest absolute Gasteiger partial charge is 0.253 e. The number of nitrogens with two attached hydrogens (primary N) is 1. The largest absolute Gasteiger partial charge is 0.382 e. The summed E-state index contributed by atoms with van der Waals surface area (Å²) in [6, 6.07) is 6.89. The number of pyridine rings is 1. The molecule has 10 heteroatoms. The molecular formula is C20H22ClN7O2. The van der Waals surface area contributed by atoms with Gasteiger partial charge in [-0.2, -0.15) is 5.10 Å². The molecule has 30 heavy (non-hydrogen) atoms. The fourth-order valence-electron chi connectivity index (χ4n) is 3.94. The van der Waals surface area contributed by atoms with E-state index in [4.69, 9.17) is 22.3 Å². The number of fused-ring (bicyclic) bond motifs is 1. The highest BCUT2D eigenvalue weighted by Crippen LogP contribution is 2.33. The first-order valence-electron chi connectivity index (χ1n) is 9.50. The molecule has 4 rings (SSSR count). The first-order valence-corrected chi connectivity index (χ1v) is 9.87. The third-order valence-corrected chi connectivity index (χ3v) is 5.75. The lowest BCUT2D eigenvalue weighted by atomic mass is 9.94. The Morgan fingerprint density at radius 3 is 2.77 bits per heavy atom. The number of hydrogen-bond acceptors (Lipinski definition) is 6. The average Bonchev–Trinajstić information content (AvgIpc) is 3.03. The monoisotopic (exact) mass is 427 g/mol. The predicted molar refractivity (Wildman–Crippen MR) is 114 cm³/mol. The first kappa shape index (κ1) is 20.1. The van der Waals surface area contributed by atoms with Crippen molar-refractivity contribution < 1.29 is 9.59 Å². The standard InChI is InChI=1S/C20H22ClN7O2/c1-11-9-26(12(2)29)20(3,4)19(30)27(11)16-7-5-6-14(25-16)15-8-13(21)17-18(22)23-10-24-28(15)17/h5-8,10-11H,9H2,1-4H3,(H2,22,23,24). The van der Waals surface area contributed by atoms with Crippen LogP contribution >= 0.6 is 11.6 Å². The number of aromatic nitrogens is 4. The third-order valence-electron chi connectivity index (χ3n) is 5.46. The zero-order valence-electron chi connectivity index (χ0n) is 17.1. The van der Waals surface area contributed by atoms with Crippen LogP contribution in [-0.2, 0) is 9.59 Å². The molecule has 156 valence electrons. The summed E-state index contributed by atoms with van der Waals surface area (Å²) in [5.41, 5.74) is 6.68. The van der Waals surface area contributed by atoms with Crippen LogP contribution in [0.3, 0.4) is 0 Å². The Morgan fingerprint density at radius 1 is 1.33 bits per heavy atom. The van der Waals surface area contributed by atoms with E-state index in [1.807, 2.05) is 19.1 Å². The van der Waals surface area contributed by atoms with Crippen LogP contribution < -0.4 is 10.6 Å². The molecule has 0 aliphatic carbocycles. The lowest BCUT2D eigenvalue weighted by Gasteiger charge is -2.48. The van der Waals surface area contributed by atoms with Crippen LogP contribution in [0.5, 0.6) is 0 Å². The van der Waals surface area contributed by atoms with Crippen molar-refractivity contribution in [3.63, 3.8) is 0 Å². The van der Waals surface area contributed by atoms with Gasteiger partial charge in [0.2, 0.25) is 5.91 Å². The molecule has 2 N–H and O–H groups in total. The second-order valence-corrected chi connectivity index (χ2v) is 8.28. The summed E-state index contributed by atoms with van der Waals surface area (Å²) in [5.74, 6) is 0.441. The molecule has 3 aromatic rings.